The molecule has 0 bridgehead atoms. The molecule has 0 radical (unpaired) electrons. The minimum absolute atomic E-state index is 0.216. The number of hydroxylamine groups is 1. The van der Waals surface area contributed by atoms with Crippen LogP contribution in [0.3, 0.4) is 0 Å². The molecule has 0 aromatic carbocycles. The molecule has 0 fully saturated rings. The molecule has 0 aliphatic heterocycles. The number of rotatable bonds is 4. The maximum absolute atomic E-state index is 5.08. The molecular weight excluding hydrogens is 152 g/mol. The Balaban J connectivity index is 2.48. The topological polar surface area (TPSA) is 34.1 Å². The number of nitrogens with zero attached hydrogens (tertiary/aromatic N) is 1. The van der Waals surface area contributed by atoms with E-state index in [1.807, 2.05) is 26.0 Å². The molecule has 0 aliphatic carbocycles. The first-order chi connectivity index (χ1) is 5.84. The molecule has 0 saturated carbocycles. The molecule has 66 valence electrons. The van der Waals surface area contributed by atoms with Crippen LogP contribution in [0.25, 0.3) is 0 Å². The molecule has 1 aromatic rings. The summed E-state index contributed by atoms with van der Waals surface area (Å²) in [7, 11) is 0. The summed E-state index contributed by atoms with van der Waals surface area (Å²) in [6.45, 7) is 4.67. The van der Waals surface area contributed by atoms with Gasteiger partial charge in [-0.05, 0) is 31.5 Å². The van der Waals surface area contributed by atoms with Crippen molar-refractivity contribution in [1.82, 2.24) is 10.5 Å². The zero-order chi connectivity index (χ0) is 8.81. The highest BCUT2D eigenvalue weighted by molar-refractivity contribution is 5.13. The summed E-state index contributed by atoms with van der Waals surface area (Å²) in [5.41, 5.74) is 4.10. The van der Waals surface area contributed by atoms with Gasteiger partial charge in [0.25, 0.3) is 0 Å². The highest BCUT2D eigenvalue weighted by atomic mass is 16.6. The van der Waals surface area contributed by atoms with E-state index in [9.17, 15) is 0 Å². The van der Waals surface area contributed by atoms with Crippen molar-refractivity contribution in [3.05, 3.63) is 30.1 Å². The van der Waals surface area contributed by atoms with Crippen LogP contribution in [0.1, 0.15) is 25.5 Å². The van der Waals surface area contributed by atoms with Gasteiger partial charge >= 0.3 is 0 Å². The fourth-order valence-electron chi connectivity index (χ4n) is 0.928. The van der Waals surface area contributed by atoms with Gasteiger partial charge in [-0.25, -0.2) is 0 Å². The van der Waals surface area contributed by atoms with Gasteiger partial charge in [-0.15, -0.1) is 0 Å². The zero-order valence-corrected chi connectivity index (χ0v) is 7.45. The third-order valence-corrected chi connectivity index (χ3v) is 1.61. The third-order valence-electron chi connectivity index (χ3n) is 1.61. The summed E-state index contributed by atoms with van der Waals surface area (Å²) < 4.78 is 0. The van der Waals surface area contributed by atoms with E-state index in [-0.39, 0.29) is 6.04 Å². The molecule has 0 amide bonds. The second-order valence-electron chi connectivity index (χ2n) is 2.55. The maximum Gasteiger partial charge on any atom is 0.0654 e. The average Bonchev–Trinajstić information content (AvgIpc) is 2.15. The Hall–Kier alpha value is -0.930. The lowest BCUT2D eigenvalue weighted by Gasteiger charge is -2.12. The smallest absolute Gasteiger partial charge is 0.0654 e. The highest BCUT2D eigenvalue weighted by Crippen LogP contribution is 2.09. The van der Waals surface area contributed by atoms with Gasteiger partial charge in [0, 0.05) is 12.4 Å². The summed E-state index contributed by atoms with van der Waals surface area (Å²) in [4.78, 5) is 9.02. The third kappa shape index (κ3) is 2.60. The van der Waals surface area contributed by atoms with Crippen LogP contribution in [0, 0.1) is 0 Å². The van der Waals surface area contributed by atoms with Crippen LogP contribution < -0.4 is 5.48 Å². The quantitative estimate of drug-likeness (QED) is 0.691. The summed E-state index contributed by atoms with van der Waals surface area (Å²) in [5.74, 6) is 0. The molecule has 0 spiro atoms. The van der Waals surface area contributed by atoms with Crippen molar-refractivity contribution in [2.75, 3.05) is 6.61 Å². The molecule has 0 saturated heterocycles. The van der Waals surface area contributed by atoms with Crippen molar-refractivity contribution in [1.29, 1.82) is 0 Å². The van der Waals surface area contributed by atoms with E-state index in [0.717, 1.165) is 0 Å². The van der Waals surface area contributed by atoms with Crippen LogP contribution in [-0.4, -0.2) is 11.6 Å². The van der Waals surface area contributed by atoms with Crippen LogP contribution in [0.5, 0.6) is 0 Å². The van der Waals surface area contributed by atoms with Gasteiger partial charge in [0.15, 0.2) is 0 Å². The molecule has 1 N–H and O–H groups in total. The van der Waals surface area contributed by atoms with Crippen molar-refractivity contribution >= 4 is 0 Å². The Morgan fingerprint density at radius 1 is 1.50 bits per heavy atom. The number of nitrogens with one attached hydrogen (secondary N) is 1. The van der Waals surface area contributed by atoms with Crippen molar-refractivity contribution in [2.24, 2.45) is 0 Å². The molecule has 3 heteroatoms. The Morgan fingerprint density at radius 3 is 2.75 bits per heavy atom. The van der Waals surface area contributed by atoms with Crippen LogP contribution in [0.2, 0.25) is 0 Å². The van der Waals surface area contributed by atoms with Crippen LogP contribution in [-0.2, 0) is 4.84 Å². The Bertz CT molecular complexity index is 213. The van der Waals surface area contributed by atoms with Gasteiger partial charge in [-0.2, -0.15) is 5.48 Å². The van der Waals surface area contributed by atoms with Crippen molar-refractivity contribution in [3.63, 3.8) is 0 Å². The number of hydrogen-bond donors (Lipinski definition) is 1. The van der Waals surface area contributed by atoms with E-state index in [1.165, 1.54) is 5.56 Å². The van der Waals surface area contributed by atoms with E-state index in [1.54, 1.807) is 12.4 Å². The number of aromatic nitrogens is 1. The largest absolute Gasteiger partial charge is 0.302 e. The predicted octanol–water partition coefficient (Wildman–Crippen LogP) is 1.68. The maximum atomic E-state index is 5.08. The van der Waals surface area contributed by atoms with Crippen molar-refractivity contribution in [3.8, 4) is 0 Å². The van der Waals surface area contributed by atoms with Gasteiger partial charge in [-0.3, -0.25) is 4.98 Å². The second kappa shape index (κ2) is 4.85. The molecule has 3 nitrogen and oxygen atoms in total. The Kier molecular flexibility index (Phi) is 3.70. The normalized spacial score (nSPS) is 12.8. The highest BCUT2D eigenvalue weighted by Gasteiger charge is 2.02. The van der Waals surface area contributed by atoms with Gasteiger partial charge < -0.3 is 4.84 Å². The van der Waals surface area contributed by atoms with E-state index in [0.29, 0.717) is 6.61 Å². The predicted molar refractivity (Wildman–Crippen MR) is 47.4 cm³/mol. The molecule has 1 unspecified atom stereocenters. The fourth-order valence-corrected chi connectivity index (χ4v) is 0.928. The first-order valence-electron chi connectivity index (χ1n) is 4.12. The molecule has 12 heavy (non-hydrogen) atoms. The first-order valence-corrected chi connectivity index (χ1v) is 4.12. The van der Waals surface area contributed by atoms with Crippen LogP contribution in [0.4, 0.5) is 0 Å². The van der Waals surface area contributed by atoms with Crippen molar-refractivity contribution < 1.29 is 4.84 Å². The summed E-state index contributed by atoms with van der Waals surface area (Å²) in [6, 6.07) is 4.15. The van der Waals surface area contributed by atoms with Gasteiger partial charge in [0.05, 0.1) is 12.6 Å². The lowest BCUT2D eigenvalue weighted by Crippen LogP contribution is -2.18. The Labute approximate surface area is 72.7 Å². The minimum atomic E-state index is 0.216. The van der Waals surface area contributed by atoms with E-state index in [4.69, 9.17) is 4.84 Å². The number of hydrogen-bond acceptors (Lipinski definition) is 3. The zero-order valence-electron chi connectivity index (χ0n) is 7.45. The standard InChI is InChI=1S/C9H14N2O/c1-3-12-11-8(2)9-4-6-10-7-5-9/h4-8,11H,3H2,1-2H3. The molecular formula is C9H14N2O. The fraction of sp³-hybridized carbons (Fsp3) is 0.444. The van der Waals surface area contributed by atoms with Crippen LogP contribution in [0.15, 0.2) is 24.5 Å². The molecule has 1 heterocycles. The molecule has 1 rings (SSSR count). The summed E-state index contributed by atoms with van der Waals surface area (Å²) in [5, 5.41) is 0. The summed E-state index contributed by atoms with van der Waals surface area (Å²) in [6.07, 6.45) is 3.55. The van der Waals surface area contributed by atoms with Gasteiger partial charge in [0.1, 0.15) is 0 Å². The lowest BCUT2D eigenvalue weighted by atomic mass is 10.1. The molecule has 1 atom stereocenters. The molecule has 1 aromatic heterocycles. The lowest BCUT2D eigenvalue weighted by molar-refractivity contribution is 0.0285. The average molecular weight is 166 g/mol. The van der Waals surface area contributed by atoms with Gasteiger partial charge in [0.2, 0.25) is 0 Å². The monoisotopic (exact) mass is 166 g/mol. The molecule has 0 aliphatic rings. The van der Waals surface area contributed by atoms with Crippen LogP contribution >= 0.6 is 0 Å². The minimum Gasteiger partial charge on any atom is -0.302 e. The van der Waals surface area contributed by atoms with Crippen molar-refractivity contribution in [2.45, 2.75) is 19.9 Å². The summed E-state index contributed by atoms with van der Waals surface area (Å²) >= 11 is 0. The Morgan fingerprint density at radius 2 is 2.17 bits per heavy atom. The van der Waals surface area contributed by atoms with E-state index >= 15 is 0 Å². The second-order valence-corrected chi connectivity index (χ2v) is 2.55. The van der Waals surface area contributed by atoms with E-state index < -0.39 is 0 Å². The van der Waals surface area contributed by atoms with E-state index in [2.05, 4.69) is 10.5 Å². The van der Waals surface area contributed by atoms with Gasteiger partial charge in [-0.1, -0.05) is 0 Å². The SMILES string of the molecule is CCONC(C)c1ccncc1. The number of pyridine rings is 1. The first kappa shape index (κ1) is 9.16.